The SMILES string of the molecule is COc1cccc(CN(C(=O)c2oc3cc(Br)ccc3c2C)[C@H]2CCS(=O)(=O)C2)c1. The second kappa shape index (κ2) is 8.07. The van der Waals surface area contributed by atoms with Crippen LogP contribution in [0.2, 0.25) is 0 Å². The largest absolute Gasteiger partial charge is 0.497 e. The zero-order valence-electron chi connectivity index (χ0n) is 16.7. The number of hydrogen-bond donors (Lipinski definition) is 0. The highest BCUT2D eigenvalue weighted by Crippen LogP contribution is 2.31. The summed E-state index contributed by atoms with van der Waals surface area (Å²) in [7, 11) is -1.57. The van der Waals surface area contributed by atoms with Crippen molar-refractivity contribution in [2.24, 2.45) is 0 Å². The third-order valence-electron chi connectivity index (χ3n) is 5.49. The molecule has 3 aromatic rings. The Kier molecular flexibility index (Phi) is 5.63. The second-order valence-corrected chi connectivity index (χ2v) is 10.7. The molecular weight excluding hydrogens is 470 g/mol. The molecule has 158 valence electrons. The molecule has 1 amide bonds. The fourth-order valence-corrected chi connectivity index (χ4v) is 5.96. The molecule has 0 N–H and O–H groups in total. The Morgan fingerprint density at radius 1 is 1.27 bits per heavy atom. The van der Waals surface area contributed by atoms with E-state index >= 15 is 0 Å². The van der Waals surface area contributed by atoms with E-state index in [0.717, 1.165) is 21.0 Å². The first kappa shape index (κ1) is 20.9. The minimum absolute atomic E-state index is 0.0342. The molecule has 0 spiro atoms. The minimum Gasteiger partial charge on any atom is -0.497 e. The van der Waals surface area contributed by atoms with Gasteiger partial charge in [-0.2, -0.15) is 0 Å². The molecule has 0 radical (unpaired) electrons. The molecule has 0 unspecified atom stereocenters. The number of carbonyl (C=O) groups excluding carboxylic acids is 1. The first-order chi connectivity index (χ1) is 14.3. The van der Waals surface area contributed by atoms with E-state index in [1.807, 2.05) is 49.4 Å². The van der Waals surface area contributed by atoms with Crippen LogP contribution in [0.25, 0.3) is 11.0 Å². The quantitative estimate of drug-likeness (QED) is 0.530. The number of fused-ring (bicyclic) bond motifs is 1. The molecule has 2 heterocycles. The van der Waals surface area contributed by atoms with E-state index in [9.17, 15) is 13.2 Å². The molecule has 2 aromatic carbocycles. The molecule has 1 aliphatic rings. The van der Waals surface area contributed by atoms with Crippen LogP contribution in [0.3, 0.4) is 0 Å². The highest BCUT2D eigenvalue weighted by Gasteiger charge is 2.36. The van der Waals surface area contributed by atoms with E-state index in [-0.39, 0.29) is 29.7 Å². The molecular formula is C22H22BrNO5S. The number of amides is 1. The summed E-state index contributed by atoms with van der Waals surface area (Å²) < 4.78 is 36.3. The summed E-state index contributed by atoms with van der Waals surface area (Å²) in [5.74, 6) is 0.683. The van der Waals surface area contributed by atoms with Gasteiger partial charge in [0.1, 0.15) is 11.3 Å². The lowest BCUT2D eigenvalue weighted by molar-refractivity contribution is 0.0649. The van der Waals surface area contributed by atoms with Gasteiger partial charge in [-0.3, -0.25) is 4.79 Å². The van der Waals surface area contributed by atoms with Crippen molar-refractivity contribution in [1.29, 1.82) is 0 Å². The number of carbonyl (C=O) groups is 1. The summed E-state index contributed by atoms with van der Waals surface area (Å²) in [6, 6.07) is 12.7. The van der Waals surface area contributed by atoms with Crippen LogP contribution in [-0.4, -0.2) is 43.9 Å². The molecule has 1 fully saturated rings. The van der Waals surface area contributed by atoms with Crippen molar-refractivity contribution in [2.75, 3.05) is 18.6 Å². The number of nitrogens with zero attached hydrogens (tertiary/aromatic N) is 1. The van der Waals surface area contributed by atoms with Gasteiger partial charge in [-0.1, -0.05) is 28.1 Å². The Morgan fingerprint density at radius 2 is 2.07 bits per heavy atom. The number of benzene rings is 2. The zero-order valence-corrected chi connectivity index (χ0v) is 19.1. The highest BCUT2D eigenvalue weighted by molar-refractivity contribution is 9.10. The van der Waals surface area contributed by atoms with Crippen molar-refractivity contribution in [3.05, 3.63) is 63.8 Å². The molecule has 0 aliphatic carbocycles. The van der Waals surface area contributed by atoms with Crippen LogP contribution in [0, 0.1) is 6.92 Å². The van der Waals surface area contributed by atoms with Gasteiger partial charge in [0.25, 0.3) is 5.91 Å². The number of hydrogen-bond acceptors (Lipinski definition) is 5. The van der Waals surface area contributed by atoms with Gasteiger partial charge in [0, 0.05) is 28.0 Å². The maximum Gasteiger partial charge on any atom is 0.290 e. The summed E-state index contributed by atoms with van der Waals surface area (Å²) in [5, 5.41) is 0.863. The summed E-state index contributed by atoms with van der Waals surface area (Å²) in [6.07, 6.45) is 0.420. The van der Waals surface area contributed by atoms with Gasteiger partial charge in [0.05, 0.1) is 18.6 Å². The average Bonchev–Trinajstić information content (AvgIpc) is 3.24. The van der Waals surface area contributed by atoms with E-state index in [0.29, 0.717) is 17.8 Å². The van der Waals surface area contributed by atoms with Gasteiger partial charge in [0.15, 0.2) is 15.6 Å². The molecule has 1 aliphatic heterocycles. The molecule has 0 bridgehead atoms. The van der Waals surface area contributed by atoms with Gasteiger partial charge < -0.3 is 14.1 Å². The average molecular weight is 492 g/mol. The number of furan rings is 1. The van der Waals surface area contributed by atoms with Crippen LogP contribution in [-0.2, 0) is 16.4 Å². The Hall–Kier alpha value is -2.32. The van der Waals surface area contributed by atoms with Crippen LogP contribution < -0.4 is 4.74 Å². The summed E-state index contributed by atoms with van der Waals surface area (Å²) in [5.41, 5.74) is 2.23. The molecule has 1 saturated heterocycles. The van der Waals surface area contributed by atoms with Crippen LogP contribution in [0.4, 0.5) is 0 Å². The van der Waals surface area contributed by atoms with Crippen LogP contribution in [0.5, 0.6) is 5.75 Å². The van der Waals surface area contributed by atoms with Gasteiger partial charge in [-0.15, -0.1) is 0 Å². The first-order valence-electron chi connectivity index (χ1n) is 9.60. The highest BCUT2D eigenvalue weighted by atomic mass is 79.9. The monoisotopic (exact) mass is 491 g/mol. The van der Waals surface area contributed by atoms with Crippen molar-refractivity contribution in [3.8, 4) is 5.75 Å². The lowest BCUT2D eigenvalue weighted by atomic mass is 10.1. The molecule has 8 heteroatoms. The van der Waals surface area contributed by atoms with Crippen molar-refractivity contribution in [1.82, 2.24) is 4.90 Å². The van der Waals surface area contributed by atoms with E-state index in [2.05, 4.69) is 15.9 Å². The normalized spacial score (nSPS) is 17.9. The molecule has 6 nitrogen and oxygen atoms in total. The smallest absolute Gasteiger partial charge is 0.290 e. The second-order valence-electron chi connectivity index (χ2n) is 7.54. The summed E-state index contributed by atoms with van der Waals surface area (Å²) in [4.78, 5) is 15.2. The zero-order chi connectivity index (χ0) is 21.5. The Morgan fingerprint density at radius 3 is 2.77 bits per heavy atom. The van der Waals surface area contributed by atoms with Gasteiger partial charge >= 0.3 is 0 Å². The van der Waals surface area contributed by atoms with Crippen LogP contribution in [0.1, 0.15) is 28.1 Å². The topological polar surface area (TPSA) is 76.8 Å². The van der Waals surface area contributed by atoms with Gasteiger partial charge in [0.2, 0.25) is 0 Å². The maximum absolute atomic E-state index is 13.6. The standard InChI is InChI=1S/C22H22BrNO5S/c1-14-19-7-6-16(23)11-20(19)29-21(14)22(25)24(17-8-9-30(26,27)13-17)12-15-4-3-5-18(10-15)28-2/h3-7,10-11,17H,8-9,12-13H2,1-2H3/t17-/m0/s1. The fourth-order valence-electron chi connectivity index (χ4n) is 3.89. The molecule has 1 aromatic heterocycles. The fraction of sp³-hybridized carbons (Fsp3) is 0.318. The lowest BCUT2D eigenvalue weighted by Gasteiger charge is -2.28. The third kappa shape index (κ3) is 4.11. The lowest BCUT2D eigenvalue weighted by Crippen LogP contribution is -2.40. The number of methoxy groups -OCH3 is 1. The van der Waals surface area contributed by atoms with Gasteiger partial charge in [-0.25, -0.2) is 8.42 Å². The first-order valence-corrected chi connectivity index (χ1v) is 12.2. The van der Waals surface area contributed by atoms with Crippen molar-refractivity contribution in [2.45, 2.75) is 25.9 Å². The van der Waals surface area contributed by atoms with Crippen LogP contribution in [0.15, 0.2) is 51.4 Å². The molecule has 1 atom stereocenters. The Bertz CT molecular complexity index is 1220. The molecule has 4 rings (SSSR count). The number of halogens is 1. The predicted molar refractivity (Wildman–Crippen MR) is 119 cm³/mol. The Balaban J connectivity index is 1.73. The predicted octanol–water partition coefficient (Wildman–Crippen LogP) is 4.34. The van der Waals surface area contributed by atoms with Crippen LogP contribution >= 0.6 is 15.9 Å². The van der Waals surface area contributed by atoms with E-state index in [1.54, 1.807) is 12.0 Å². The van der Waals surface area contributed by atoms with Gasteiger partial charge in [-0.05, 0) is 49.2 Å². The molecule has 0 saturated carbocycles. The van der Waals surface area contributed by atoms with Crippen molar-refractivity contribution in [3.63, 3.8) is 0 Å². The van der Waals surface area contributed by atoms with Crippen molar-refractivity contribution < 1.29 is 22.4 Å². The number of sulfone groups is 1. The summed E-state index contributed by atoms with van der Waals surface area (Å²) in [6.45, 7) is 2.12. The number of aryl methyl sites for hydroxylation is 1. The molecule has 30 heavy (non-hydrogen) atoms. The van der Waals surface area contributed by atoms with Crippen molar-refractivity contribution >= 4 is 42.6 Å². The van der Waals surface area contributed by atoms with E-state index in [1.165, 1.54) is 0 Å². The maximum atomic E-state index is 13.6. The van der Waals surface area contributed by atoms with E-state index < -0.39 is 15.9 Å². The number of ether oxygens (including phenoxy) is 1. The Labute approximate surface area is 183 Å². The third-order valence-corrected chi connectivity index (χ3v) is 7.74. The van der Waals surface area contributed by atoms with E-state index in [4.69, 9.17) is 9.15 Å². The minimum atomic E-state index is -3.16. The number of rotatable bonds is 5. The summed E-state index contributed by atoms with van der Waals surface area (Å²) >= 11 is 3.42.